The Morgan fingerprint density at radius 1 is 0.525 bits per heavy atom. The lowest BCUT2D eigenvalue weighted by Gasteiger charge is -2.33. The SMILES string of the molecule is CC(=O)N1CCc2c(c(N3CCCc4cc(-c5cnn(CCOCCOCCOCCOCCOCCOCCOCCOCCNC(=O)CCNC(=O)c6nc(NC(=O)CCNC(=O)c7cc(NC(=O)c8nc(NC(=O)CCNC(=O)c9cc(NC(=O)c%10nccn%10C)cn9C)cn8C)cn7C)cn6C)c5)c(C(F)F)cc43)nn2C2CCOCC2)C1. The second-order valence-corrected chi connectivity index (χ2v) is 29.0. The maximum Gasteiger partial charge on any atom is 0.291 e. The Morgan fingerprint density at radius 3 is 1.56 bits per heavy atom. The third kappa shape index (κ3) is 26.2. The van der Waals surface area contributed by atoms with Crippen molar-refractivity contribution in [2.75, 3.05) is 184 Å². The fourth-order valence-corrected chi connectivity index (χ4v) is 13.9. The summed E-state index contributed by atoms with van der Waals surface area (Å²) in [4.78, 5) is 132. The van der Waals surface area contributed by atoms with Gasteiger partial charge in [0.25, 0.3) is 36.0 Å². The van der Waals surface area contributed by atoms with Crippen molar-refractivity contribution in [1.29, 1.82) is 0 Å². The molecule has 660 valence electrons. The zero-order chi connectivity index (χ0) is 86.4. The van der Waals surface area contributed by atoms with E-state index < -0.39 is 47.8 Å². The Kier molecular flexibility index (Phi) is 34.2. The molecule has 3 aliphatic rings. The number of halogens is 2. The third-order valence-electron chi connectivity index (χ3n) is 20.1. The van der Waals surface area contributed by atoms with E-state index in [2.05, 4.69) is 72.2 Å². The summed E-state index contributed by atoms with van der Waals surface area (Å²) in [6.45, 7) is 11.0. The molecule has 10 heterocycles. The number of aryl methyl sites for hydroxylation is 6. The molecule has 0 saturated carbocycles. The topological polar surface area (TPSA) is 438 Å². The number of aromatic nitrogens is 12. The summed E-state index contributed by atoms with van der Waals surface area (Å²) >= 11 is 0. The van der Waals surface area contributed by atoms with Gasteiger partial charge in [0, 0.05) is 192 Å². The van der Waals surface area contributed by atoms with E-state index in [0.29, 0.717) is 162 Å². The minimum Gasteiger partial charge on any atom is -0.381 e. The monoisotopic (exact) mass is 1700 g/mol. The molecule has 0 radical (unpaired) electrons. The molecule has 3 aliphatic heterocycles. The van der Waals surface area contributed by atoms with Crippen molar-refractivity contribution < 1.29 is 94.6 Å². The molecule has 1 saturated heterocycles. The second-order valence-electron chi connectivity index (χ2n) is 29.0. The molecule has 8 aromatic rings. The summed E-state index contributed by atoms with van der Waals surface area (Å²) in [5.74, 6) is -2.94. The van der Waals surface area contributed by atoms with Crippen LogP contribution in [0, 0.1) is 0 Å². The van der Waals surface area contributed by atoms with Gasteiger partial charge < -0.3 is 118 Å². The van der Waals surface area contributed by atoms with Gasteiger partial charge in [-0.2, -0.15) is 10.2 Å². The first-order chi connectivity index (χ1) is 59.0. The number of carbonyl (C=O) groups is 9. The number of benzene rings is 1. The summed E-state index contributed by atoms with van der Waals surface area (Å²) < 4.78 is 91.7. The first-order valence-corrected chi connectivity index (χ1v) is 40.6. The van der Waals surface area contributed by atoms with Gasteiger partial charge in [0.1, 0.15) is 11.4 Å². The lowest BCUT2D eigenvalue weighted by molar-refractivity contribution is -0.129. The van der Waals surface area contributed by atoms with Crippen molar-refractivity contribution in [2.24, 2.45) is 35.2 Å². The number of anilines is 6. The molecular formula is C80H108F2N22O18. The maximum atomic E-state index is 15.0. The molecule has 1 aromatic carbocycles. The lowest BCUT2D eigenvalue weighted by atomic mass is 9.92. The highest BCUT2D eigenvalue weighted by Gasteiger charge is 2.35. The van der Waals surface area contributed by atoms with Gasteiger partial charge in [0.2, 0.25) is 35.3 Å². The van der Waals surface area contributed by atoms with Crippen LogP contribution in [0.2, 0.25) is 0 Å². The Balaban J connectivity index is 0.446. The van der Waals surface area contributed by atoms with Gasteiger partial charge in [-0.15, -0.1) is 0 Å². The van der Waals surface area contributed by atoms with E-state index >= 15 is 8.78 Å². The van der Waals surface area contributed by atoms with Crippen LogP contribution in [0.25, 0.3) is 11.1 Å². The van der Waals surface area contributed by atoms with Gasteiger partial charge in [-0.05, 0) is 61.1 Å². The second kappa shape index (κ2) is 45.8. The molecule has 0 unspecified atom stereocenters. The Morgan fingerprint density at radius 2 is 1.03 bits per heavy atom. The van der Waals surface area contributed by atoms with Crippen molar-refractivity contribution in [1.82, 2.24) is 83.5 Å². The highest BCUT2D eigenvalue weighted by molar-refractivity contribution is 6.05. The van der Waals surface area contributed by atoms with Crippen molar-refractivity contribution >= 4 is 87.7 Å². The molecule has 9 amide bonds. The lowest BCUT2D eigenvalue weighted by Crippen LogP contribution is -2.36. The molecule has 0 spiro atoms. The van der Waals surface area contributed by atoms with Crippen LogP contribution in [0.1, 0.15) is 133 Å². The molecule has 0 aliphatic carbocycles. The number of ether oxygens (including phenoxy) is 9. The number of hydrogen-bond donors (Lipinski definition) is 8. The summed E-state index contributed by atoms with van der Waals surface area (Å²) in [5, 5.41) is 31.0. The largest absolute Gasteiger partial charge is 0.381 e. The van der Waals surface area contributed by atoms with E-state index in [1.54, 1.807) is 82.3 Å². The number of imidazole rings is 3. The number of rotatable bonds is 49. The third-order valence-corrected chi connectivity index (χ3v) is 20.1. The number of alkyl halides is 2. The van der Waals surface area contributed by atoms with Gasteiger partial charge in [-0.25, -0.2) is 23.7 Å². The molecule has 0 atom stereocenters. The minimum atomic E-state index is -2.73. The average Bonchev–Trinajstić information content (AvgIpc) is 0.961. The van der Waals surface area contributed by atoms with Crippen LogP contribution in [0.15, 0.2) is 73.8 Å². The molecule has 7 aromatic heterocycles. The van der Waals surface area contributed by atoms with Crippen molar-refractivity contribution in [3.63, 3.8) is 0 Å². The molecule has 42 heteroatoms. The Bertz CT molecular complexity index is 4860. The average molecular weight is 1700 g/mol. The van der Waals surface area contributed by atoms with E-state index in [9.17, 15) is 43.2 Å². The van der Waals surface area contributed by atoms with Crippen molar-refractivity contribution in [3.8, 4) is 11.1 Å². The first-order valence-electron chi connectivity index (χ1n) is 40.6. The molecule has 1 fully saturated rings. The smallest absolute Gasteiger partial charge is 0.291 e. The van der Waals surface area contributed by atoms with Gasteiger partial charge in [0.05, 0.1) is 142 Å². The van der Waals surface area contributed by atoms with Crippen LogP contribution in [-0.2, 0) is 123 Å². The summed E-state index contributed by atoms with van der Waals surface area (Å²) in [5.41, 5.74) is 5.83. The molecular weight excluding hydrogens is 1600 g/mol. The van der Waals surface area contributed by atoms with Gasteiger partial charge in [0.15, 0.2) is 23.3 Å². The summed E-state index contributed by atoms with van der Waals surface area (Å²) in [6, 6.07) is 6.62. The zero-order valence-corrected chi connectivity index (χ0v) is 69.5. The van der Waals surface area contributed by atoms with Crippen molar-refractivity contribution in [3.05, 3.63) is 125 Å². The zero-order valence-electron chi connectivity index (χ0n) is 69.5. The van der Waals surface area contributed by atoms with Crippen molar-refractivity contribution in [2.45, 2.75) is 83.8 Å². The number of fused-ring (bicyclic) bond motifs is 2. The fraction of sp³-hybridized carbons (Fsp3) is 0.525. The predicted molar refractivity (Wildman–Crippen MR) is 438 cm³/mol. The standard InChI is InChI=1S/C80H108F2N22O18/c1-53(105)101-21-12-62-61(50-101)72(95-104(62)58-13-24-114-25-14-58)103-20-7-8-54-42-59(60(71(81)82)45-63(54)103)55-46-88-102(47-55)23-27-116-29-31-118-33-35-120-37-39-122-41-40-121-38-36-119-34-32-117-30-28-115-26-19-83-68(106)9-15-87-78(111)74-93-66(51-99(74)5)91-69(107)10-16-86-77(110)65-44-57(49-98(65)4)90-80(113)75-94-67(52-100(75)6)92-70(108)11-17-85-76(109)64-43-56(48-97(64)3)89-79(112)73-84-18-22-96(73)2/h18,22,42-49,51-52,58,71H,7-17,19-21,23-41,50H2,1-6H3,(H,83,106)(H,85,109)(H,86,110)(H,87,111)(H,89,112)(H,90,113)(H,91,107)(H,92,108). The van der Waals surface area contributed by atoms with Crippen LogP contribution in [0.5, 0.6) is 0 Å². The van der Waals surface area contributed by atoms with Gasteiger partial charge >= 0.3 is 0 Å². The number of nitrogens with one attached hydrogen (secondary N) is 8. The van der Waals surface area contributed by atoms with E-state index in [0.717, 1.165) is 54.0 Å². The minimum absolute atomic E-state index is 0.000159. The van der Waals surface area contributed by atoms with Gasteiger partial charge in [-0.1, -0.05) is 0 Å². The van der Waals surface area contributed by atoms with E-state index in [-0.39, 0.29) is 122 Å². The van der Waals surface area contributed by atoms with E-state index in [4.69, 9.17) is 47.7 Å². The van der Waals surface area contributed by atoms with Gasteiger partial charge in [-0.3, -0.25) is 52.5 Å². The van der Waals surface area contributed by atoms with E-state index in [1.165, 1.54) is 55.2 Å². The maximum absolute atomic E-state index is 15.0. The number of nitrogens with zero attached hydrogens (tertiary/aromatic N) is 14. The predicted octanol–water partition coefficient (Wildman–Crippen LogP) is 3.99. The van der Waals surface area contributed by atoms with E-state index in [1.807, 2.05) is 11.0 Å². The normalized spacial score (nSPS) is 13.4. The molecule has 40 nitrogen and oxygen atoms in total. The molecule has 11 rings (SSSR count). The number of carbonyl (C=O) groups excluding carboxylic acids is 9. The van der Waals surface area contributed by atoms with Crippen LogP contribution < -0.4 is 47.4 Å². The Labute approximate surface area is 702 Å². The molecule has 122 heavy (non-hydrogen) atoms. The Hall–Kier alpha value is -11.6. The highest BCUT2D eigenvalue weighted by Crippen LogP contribution is 2.44. The highest BCUT2D eigenvalue weighted by atomic mass is 19.3. The summed E-state index contributed by atoms with van der Waals surface area (Å²) in [6.07, 6.45) is 13.4. The molecule has 8 N–H and O–H groups in total. The fourth-order valence-electron chi connectivity index (χ4n) is 13.9. The number of hydrogen-bond acceptors (Lipinski definition) is 24. The molecule has 0 bridgehead atoms. The summed E-state index contributed by atoms with van der Waals surface area (Å²) in [7, 11) is 8.03. The number of amides is 9. The van der Waals surface area contributed by atoms with Crippen LogP contribution in [-0.4, -0.2) is 274 Å². The van der Waals surface area contributed by atoms with Crippen LogP contribution in [0.4, 0.5) is 43.3 Å². The van der Waals surface area contributed by atoms with Crippen LogP contribution >= 0.6 is 0 Å². The van der Waals surface area contributed by atoms with Crippen LogP contribution in [0.3, 0.4) is 0 Å². The first kappa shape index (κ1) is 91.1. The quantitative estimate of drug-likeness (QED) is 0.0250.